The van der Waals surface area contributed by atoms with Gasteiger partial charge in [-0.3, -0.25) is 19.3 Å². The van der Waals surface area contributed by atoms with E-state index in [1.165, 1.54) is 4.90 Å². The lowest BCUT2D eigenvalue weighted by molar-refractivity contribution is -0.148. The Bertz CT molecular complexity index is 1130. The van der Waals surface area contributed by atoms with Crippen LogP contribution >= 0.6 is 0 Å². The SMILES string of the molecule is C=CCC1CN(C(=O)CN(Cc2ccccc2)C(=O)OC(C)(C)C)C[C@H]1C(=O)OCC(=O)c1ccccc1. The van der Waals surface area contributed by atoms with Crippen molar-refractivity contribution in [3.8, 4) is 0 Å². The number of benzene rings is 2. The Kier molecular flexibility index (Phi) is 9.82. The van der Waals surface area contributed by atoms with Crippen molar-refractivity contribution in [1.29, 1.82) is 0 Å². The molecule has 0 radical (unpaired) electrons. The summed E-state index contributed by atoms with van der Waals surface area (Å²) in [4.78, 5) is 54.5. The van der Waals surface area contributed by atoms with E-state index >= 15 is 0 Å². The molecule has 1 heterocycles. The number of nitrogens with zero attached hydrogens (tertiary/aromatic N) is 2. The van der Waals surface area contributed by atoms with E-state index in [0.29, 0.717) is 18.5 Å². The average Bonchev–Trinajstić information content (AvgIpc) is 3.31. The van der Waals surface area contributed by atoms with Gasteiger partial charge in [0.2, 0.25) is 5.91 Å². The summed E-state index contributed by atoms with van der Waals surface area (Å²) >= 11 is 0. The van der Waals surface area contributed by atoms with Crippen LogP contribution in [0.2, 0.25) is 0 Å². The van der Waals surface area contributed by atoms with Crippen molar-refractivity contribution in [2.45, 2.75) is 39.3 Å². The van der Waals surface area contributed by atoms with Gasteiger partial charge >= 0.3 is 12.1 Å². The molecule has 0 saturated carbocycles. The molecule has 1 fully saturated rings. The largest absolute Gasteiger partial charge is 0.457 e. The lowest BCUT2D eigenvalue weighted by atomic mass is 9.93. The molecule has 0 bridgehead atoms. The van der Waals surface area contributed by atoms with Crippen LogP contribution in [0.15, 0.2) is 73.3 Å². The molecule has 8 nitrogen and oxygen atoms in total. The second-order valence-corrected chi connectivity index (χ2v) is 10.4. The topological polar surface area (TPSA) is 93.2 Å². The lowest BCUT2D eigenvalue weighted by Gasteiger charge is -2.28. The van der Waals surface area contributed by atoms with Crippen LogP contribution in [-0.2, 0) is 25.6 Å². The number of ether oxygens (including phenoxy) is 2. The molecule has 8 heteroatoms. The van der Waals surface area contributed by atoms with Crippen molar-refractivity contribution in [1.82, 2.24) is 9.80 Å². The van der Waals surface area contributed by atoms with Gasteiger partial charge in [0.05, 0.1) is 5.92 Å². The van der Waals surface area contributed by atoms with Gasteiger partial charge in [-0.1, -0.05) is 66.7 Å². The van der Waals surface area contributed by atoms with Gasteiger partial charge in [-0.15, -0.1) is 6.58 Å². The number of Topliss-reactive ketones (excluding diaryl/α,β-unsaturated/α-hetero) is 1. The van der Waals surface area contributed by atoms with E-state index in [2.05, 4.69) is 6.58 Å². The number of ketones is 1. The number of likely N-dealkylation sites (tertiary alicyclic amines) is 1. The second kappa shape index (κ2) is 13.0. The van der Waals surface area contributed by atoms with Crippen molar-refractivity contribution >= 4 is 23.8 Å². The maximum atomic E-state index is 13.3. The molecule has 3 rings (SSSR count). The van der Waals surface area contributed by atoms with Crippen molar-refractivity contribution in [2.24, 2.45) is 11.8 Å². The number of carbonyl (C=O) groups excluding carboxylic acids is 4. The highest BCUT2D eigenvalue weighted by Crippen LogP contribution is 2.28. The quantitative estimate of drug-likeness (QED) is 0.260. The van der Waals surface area contributed by atoms with Crippen LogP contribution in [0.3, 0.4) is 0 Å². The minimum absolute atomic E-state index is 0.142. The summed E-state index contributed by atoms with van der Waals surface area (Å²) in [6.45, 7) is 9.20. The van der Waals surface area contributed by atoms with Crippen molar-refractivity contribution in [3.05, 3.63) is 84.4 Å². The van der Waals surface area contributed by atoms with Crippen LogP contribution in [0.5, 0.6) is 0 Å². The summed E-state index contributed by atoms with van der Waals surface area (Å²) < 4.78 is 10.9. The highest BCUT2D eigenvalue weighted by molar-refractivity contribution is 5.98. The van der Waals surface area contributed by atoms with Crippen LogP contribution in [0.4, 0.5) is 4.79 Å². The van der Waals surface area contributed by atoms with Crippen molar-refractivity contribution < 1.29 is 28.7 Å². The fourth-order valence-electron chi connectivity index (χ4n) is 4.32. The smallest absolute Gasteiger partial charge is 0.411 e. The first-order chi connectivity index (χ1) is 18.1. The third-order valence-corrected chi connectivity index (χ3v) is 6.20. The van der Waals surface area contributed by atoms with Gasteiger partial charge in [-0.05, 0) is 38.7 Å². The zero-order valence-corrected chi connectivity index (χ0v) is 22.3. The summed E-state index contributed by atoms with van der Waals surface area (Å²) in [6.07, 6.45) is 1.62. The molecule has 1 aliphatic heterocycles. The van der Waals surface area contributed by atoms with E-state index in [1.807, 2.05) is 30.3 Å². The van der Waals surface area contributed by atoms with Crippen LogP contribution in [0.25, 0.3) is 0 Å². The number of hydrogen-bond donors (Lipinski definition) is 0. The summed E-state index contributed by atoms with van der Waals surface area (Å²) in [5.74, 6) is -1.90. The van der Waals surface area contributed by atoms with E-state index < -0.39 is 23.6 Å². The molecule has 1 saturated heterocycles. The maximum Gasteiger partial charge on any atom is 0.411 e. The molecule has 2 atom stereocenters. The van der Waals surface area contributed by atoms with Gasteiger partial charge in [0, 0.05) is 25.2 Å². The standard InChI is InChI=1S/C30H36N2O6/c1-5-12-24-18-31(19-25(24)28(35)37-21-26(33)23-15-10-7-11-16-23)27(34)20-32(29(36)38-30(2,3)4)17-22-13-8-6-9-14-22/h5-11,13-16,24-25H,1,12,17-21H2,2-4H3/t24?,25-/m1/s1. The summed E-state index contributed by atoms with van der Waals surface area (Å²) in [6, 6.07) is 18.0. The van der Waals surface area contributed by atoms with Crippen LogP contribution in [-0.4, -0.2) is 65.4 Å². The molecule has 0 spiro atoms. The summed E-state index contributed by atoms with van der Waals surface area (Å²) in [7, 11) is 0. The minimum atomic E-state index is -0.718. The van der Waals surface area contributed by atoms with Gasteiger partial charge in [0.15, 0.2) is 12.4 Å². The monoisotopic (exact) mass is 520 g/mol. The number of amides is 2. The molecule has 0 aromatic heterocycles. The van der Waals surface area contributed by atoms with E-state index in [4.69, 9.17) is 9.47 Å². The third kappa shape index (κ3) is 8.30. The fraction of sp³-hybridized carbons (Fsp3) is 0.400. The van der Waals surface area contributed by atoms with E-state index in [0.717, 1.165) is 5.56 Å². The average molecular weight is 521 g/mol. The van der Waals surface area contributed by atoms with Crippen molar-refractivity contribution in [3.63, 3.8) is 0 Å². The molecule has 202 valence electrons. The fourth-order valence-corrected chi connectivity index (χ4v) is 4.32. The highest BCUT2D eigenvalue weighted by Gasteiger charge is 2.40. The molecule has 2 aromatic carbocycles. The normalized spacial score (nSPS) is 17.0. The molecule has 0 N–H and O–H groups in total. The van der Waals surface area contributed by atoms with Gasteiger partial charge in [0.1, 0.15) is 12.1 Å². The highest BCUT2D eigenvalue weighted by atomic mass is 16.6. The van der Waals surface area contributed by atoms with Gasteiger partial charge in [0.25, 0.3) is 0 Å². The second-order valence-electron chi connectivity index (χ2n) is 10.4. The van der Waals surface area contributed by atoms with Gasteiger partial charge < -0.3 is 14.4 Å². The third-order valence-electron chi connectivity index (χ3n) is 6.20. The first kappa shape index (κ1) is 28.6. The minimum Gasteiger partial charge on any atom is -0.457 e. The Morgan fingerprint density at radius 3 is 2.24 bits per heavy atom. The Morgan fingerprint density at radius 1 is 1.00 bits per heavy atom. The van der Waals surface area contributed by atoms with Crippen LogP contribution in [0.1, 0.15) is 43.1 Å². The van der Waals surface area contributed by atoms with Gasteiger partial charge in [-0.25, -0.2) is 4.79 Å². The Labute approximate surface area is 224 Å². The molecule has 2 aromatic rings. The predicted molar refractivity (Wildman–Crippen MR) is 143 cm³/mol. The molecule has 38 heavy (non-hydrogen) atoms. The van der Waals surface area contributed by atoms with E-state index in [1.54, 1.807) is 62.1 Å². The first-order valence-corrected chi connectivity index (χ1v) is 12.7. The van der Waals surface area contributed by atoms with Crippen LogP contribution in [0, 0.1) is 11.8 Å². The number of esters is 1. The van der Waals surface area contributed by atoms with E-state index in [-0.39, 0.29) is 43.8 Å². The summed E-state index contributed by atoms with van der Waals surface area (Å²) in [5, 5.41) is 0. The Morgan fingerprint density at radius 2 is 1.63 bits per heavy atom. The Hall–Kier alpha value is -3.94. The van der Waals surface area contributed by atoms with Crippen LogP contribution < -0.4 is 0 Å². The number of hydrogen-bond acceptors (Lipinski definition) is 6. The zero-order chi connectivity index (χ0) is 27.7. The maximum absolute atomic E-state index is 13.3. The number of allylic oxidation sites excluding steroid dienone is 1. The zero-order valence-electron chi connectivity index (χ0n) is 22.3. The van der Waals surface area contributed by atoms with Crippen molar-refractivity contribution in [2.75, 3.05) is 26.2 Å². The molecular formula is C30H36N2O6. The lowest BCUT2D eigenvalue weighted by Crippen LogP contribution is -2.44. The number of carbonyl (C=O) groups is 4. The van der Waals surface area contributed by atoms with E-state index in [9.17, 15) is 19.2 Å². The molecule has 2 amide bonds. The van der Waals surface area contributed by atoms with Gasteiger partial charge in [-0.2, -0.15) is 0 Å². The predicted octanol–water partition coefficient (Wildman–Crippen LogP) is 4.50. The number of rotatable bonds is 10. The molecule has 1 aliphatic rings. The first-order valence-electron chi connectivity index (χ1n) is 12.7. The molecule has 0 aliphatic carbocycles. The Balaban J connectivity index is 1.66. The molecule has 1 unspecified atom stereocenters. The summed E-state index contributed by atoms with van der Waals surface area (Å²) in [5.41, 5.74) is 0.609. The molecular weight excluding hydrogens is 484 g/mol.